The largest absolute Gasteiger partial charge is 0.283 e. The zero-order valence-electron chi connectivity index (χ0n) is 12.8. The molecule has 3 rings (SSSR count). The summed E-state index contributed by atoms with van der Waals surface area (Å²) in [6.07, 6.45) is 0. The predicted octanol–water partition coefficient (Wildman–Crippen LogP) is 5.02. The number of fused-ring (bicyclic) bond motifs is 1. The van der Waals surface area contributed by atoms with Gasteiger partial charge in [-0.3, -0.25) is 4.79 Å². The molecular formula is C18H15ClN2OS. The van der Waals surface area contributed by atoms with Gasteiger partial charge in [0.15, 0.2) is 0 Å². The summed E-state index contributed by atoms with van der Waals surface area (Å²) in [6, 6.07) is 15.7. The van der Waals surface area contributed by atoms with Gasteiger partial charge < -0.3 is 0 Å². The van der Waals surface area contributed by atoms with Crippen molar-refractivity contribution in [1.29, 1.82) is 0 Å². The van der Waals surface area contributed by atoms with Gasteiger partial charge in [-0.15, -0.1) is 11.3 Å². The molecule has 1 N–H and O–H groups in total. The smallest absolute Gasteiger partial charge is 0.266 e. The highest BCUT2D eigenvalue weighted by atomic mass is 35.5. The highest BCUT2D eigenvalue weighted by Crippen LogP contribution is 2.34. The number of aryl methyl sites for hydroxylation is 1. The van der Waals surface area contributed by atoms with E-state index in [2.05, 4.69) is 10.5 Å². The molecular weight excluding hydrogens is 328 g/mol. The highest BCUT2D eigenvalue weighted by Gasteiger charge is 2.16. The van der Waals surface area contributed by atoms with Crippen LogP contribution in [0.25, 0.3) is 10.1 Å². The van der Waals surface area contributed by atoms with E-state index in [-0.39, 0.29) is 5.91 Å². The molecule has 23 heavy (non-hydrogen) atoms. The molecule has 1 aromatic heterocycles. The lowest BCUT2D eigenvalue weighted by Gasteiger charge is -2.03. The van der Waals surface area contributed by atoms with Gasteiger partial charge in [0.05, 0.1) is 10.7 Å². The number of hydrazone groups is 1. The lowest BCUT2D eigenvalue weighted by Crippen LogP contribution is -2.18. The highest BCUT2D eigenvalue weighted by molar-refractivity contribution is 7.21. The Morgan fingerprint density at radius 3 is 2.52 bits per heavy atom. The van der Waals surface area contributed by atoms with Crippen LogP contribution in [0, 0.1) is 6.92 Å². The summed E-state index contributed by atoms with van der Waals surface area (Å²) in [7, 11) is 0. The molecule has 2 aromatic carbocycles. The lowest BCUT2D eigenvalue weighted by atomic mass is 10.1. The molecule has 116 valence electrons. The third-order valence-electron chi connectivity index (χ3n) is 3.54. The number of benzene rings is 2. The Kier molecular flexibility index (Phi) is 4.46. The molecule has 0 saturated carbocycles. The molecule has 0 fully saturated rings. The van der Waals surface area contributed by atoms with E-state index in [1.54, 1.807) is 0 Å². The van der Waals surface area contributed by atoms with Gasteiger partial charge in [-0.25, -0.2) is 5.43 Å². The number of hydrogen-bond acceptors (Lipinski definition) is 3. The minimum atomic E-state index is -0.289. The van der Waals surface area contributed by atoms with Crippen molar-refractivity contribution in [3.8, 4) is 0 Å². The third-order valence-corrected chi connectivity index (χ3v) is 5.21. The second kappa shape index (κ2) is 6.52. The van der Waals surface area contributed by atoms with Gasteiger partial charge in [0.25, 0.3) is 5.91 Å². The molecule has 5 heteroatoms. The second-order valence-corrected chi connectivity index (χ2v) is 6.68. The van der Waals surface area contributed by atoms with E-state index in [9.17, 15) is 4.79 Å². The number of halogens is 1. The summed E-state index contributed by atoms with van der Waals surface area (Å²) < 4.78 is 0.988. The number of thiophene rings is 1. The molecule has 0 aliphatic rings. The van der Waals surface area contributed by atoms with Crippen molar-refractivity contribution in [3.05, 3.63) is 69.6 Å². The molecule has 0 unspecified atom stereocenters. The topological polar surface area (TPSA) is 41.5 Å². The number of rotatable bonds is 3. The quantitative estimate of drug-likeness (QED) is 0.527. The molecule has 0 spiro atoms. The average molecular weight is 343 g/mol. The number of nitrogens with one attached hydrogen (secondary N) is 1. The van der Waals surface area contributed by atoms with Crippen LogP contribution in [0.1, 0.15) is 27.7 Å². The van der Waals surface area contributed by atoms with Gasteiger partial charge in [-0.05, 0) is 25.5 Å². The van der Waals surface area contributed by atoms with Gasteiger partial charge in [0.2, 0.25) is 0 Å². The fourth-order valence-corrected chi connectivity index (χ4v) is 3.61. The van der Waals surface area contributed by atoms with E-state index in [0.717, 1.165) is 21.4 Å². The Bertz CT molecular complexity index is 897. The molecule has 0 bridgehead atoms. The van der Waals surface area contributed by atoms with Crippen molar-refractivity contribution < 1.29 is 4.79 Å². The van der Waals surface area contributed by atoms with Crippen LogP contribution < -0.4 is 5.43 Å². The predicted molar refractivity (Wildman–Crippen MR) is 97.7 cm³/mol. The molecule has 0 atom stereocenters. The van der Waals surface area contributed by atoms with E-state index in [1.807, 2.05) is 62.4 Å². The minimum Gasteiger partial charge on any atom is -0.266 e. The zero-order chi connectivity index (χ0) is 16.4. The van der Waals surface area contributed by atoms with Crippen molar-refractivity contribution >= 4 is 44.6 Å². The van der Waals surface area contributed by atoms with Crippen molar-refractivity contribution in [1.82, 2.24) is 5.43 Å². The van der Waals surface area contributed by atoms with E-state index >= 15 is 0 Å². The zero-order valence-corrected chi connectivity index (χ0v) is 14.3. The Morgan fingerprint density at radius 1 is 1.13 bits per heavy atom. The van der Waals surface area contributed by atoms with E-state index in [4.69, 9.17) is 11.6 Å². The molecule has 0 radical (unpaired) electrons. The molecule has 0 saturated heterocycles. The first-order valence-electron chi connectivity index (χ1n) is 7.15. The van der Waals surface area contributed by atoms with Crippen LogP contribution in [0.15, 0.2) is 53.6 Å². The normalized spacial score (nSPS) is 11.7. The van der Waals surface area contributed by atoms with Crippen LogP contribution >= 0.6 is 22.9 Å². The third kappa shape index (κ3) is 3.28. The van der Waals surface area contributed by atoms with Gasteiger partial charge in [-0.1, -0.05) is 59.6 Å². The first kappa shape index (κ1) is 15.7. The number of hydrogen-bond donors (Lipinski definition) is 1. The van der Waals surface area contributed by atoms with Crippen molar-refractivity contribution in [2.75, 3.05) is 0 Å². The van der Waals surface area contributed by atoms with Crippen LogP contribution in [-0.2, 0) is 0 Å². The summed E-state index contributed by atoms with van der Waals surface area (Å²) in [5.74, 6) is -0.289. The molecule has 0 aliphatic heterocycles. The fourth-order valence-electron chi connectivity index (χ4n) is 2.20. The standard InChI is InChI=1S/C18H15ClN2OS/c1-11-7-9-13(10-8-11)12(2)20-21-18(22)17-16(19)14-5-3-4-6-15(14)23-17/h3-10H,1-2H3,(H,21,22)/b20-12+. The van der Waals surface area contributed by atoms with Gasteiger partial charge in [-0.2, -0.15) is 5.10 Å². The maximum Gasteiger partial charge on any atom is 0.283 e. The number of amides is 1. The number of carbonyl (C=O) groups excluding carboxylic acids is 1. The fraction of sp³-hybridized carbons (Fsp3) is 0.111. The van der Waals surface area contributed by atoms with Gasteiger partial charge >= 0.3 is 0 Å². The first-order chi connectivity index (χ1) is 11.1. The summed E-state index contributed by atoms with van der Waals surface area (Å²) >= 11 is 7.67. The Hall–Kier alpha value is -2.17. The SMILES string of the molecule is C/C(=N\NC(=O)c1sc2ccccc2c1Cl)c1ccc(C)cc1. The summed E-state index contributed by atoms with van der Waals surface area (Å²) in [5, 5.41) is 5.55. The van der Waals surface area contributed by atoms with E-state index in [1.165, 1.54) is 16.9 Å². The molecule has 1 heterocycles. The summed E-state index contributed by atoms with van der Waals surface area (Å²) in [5.41, 5.74) is 5.49. The maximum absolute atomic E-state index is 12.3. The van der Waals surface area contributed by atoms with Crippen LogP contribution in [0.5, 0.6) is 0 Å². The Morgan fingerprint density at radius 2 is 1.83 bits per heavy atom. The maximum atomic E-state index is 12.3. The minimum absolute atomic E-state index is 0.289. The summed E-state index contributed by atoms with van der Waals surface area (Å²) in [6.45, 7) is 3.89. The Labute approximate surface area is 143 Å². The van der Waals surface area contributed by atoms with E-state index in [0.29, 0.717) is 9.90 Å². The molecule has 3 nitrogen and oxygen atoms in total. The van der Waals surface area contributed by atoms with Gasteiger partial charge in [0, 0.05) is 10.1 Å². The van der Waals surface area contributed by atoms with Crippen molar-refractivity contribution in [2.45, 2.75) is 13.8 Å². The first-order valence-corrected chi connectivity index (χ1v) is 8.34. The van der Waals surface area contributed by atoms with Crippen molar-refractivity contribution in [3.63, 3.8) is 0 Å². The average Bonchev–Trinajstić information content (AvgIpc) is 2.90. The molecule has 0 aliphatic carbocycles. The van der Waals surface area contributed by atoms with E-state index < -0.39 is 0 Å². The van der Waals surface area contributed by atoms with Gasteiger partial charge in [0.1, 0.15) is 4.88 Å². The van der Waals surface area contributed by atoms with Crippen LogP contribution in [0.2, 0.25) is 5.02 Å². The van der Waals surface area contributed by atoms with Crippen LogP contribution in [0.4, 0.5) is 0 Å². The van der Waals surface area contributed by atoms with Crippen LogP contribution in [-0.4, -0.2) is 11.6 Å². The lowest BCUT2D eigenvalue weighted by molar-refractivity contribution is 0.0959. The number of nitrogens with zero attached hydrogens (tertiary/aromatic N) is 1. The molecule has 3 aromatic rings. The molecule has 1 amide bonds. The summed E-state index contributed by atoms with van der Waals surface area (Å²) in [4.78, 5) is 12.8. The van der Waals surface area contributed by atoms with Crippen LogP contribution in [0.3, 0.4) is 0 Å². The number of carbonyl (C=O) groups is 1. The van der Waals surface area contributed by atoms with Crippen molar-refractivity contribution in [2.24, 2.45) is 5.10 Å². The second-order valence-electron chi connectivity index (χ2n) is 5.25. The monoisotopic (exact) mass is 342 g/mol. The Balaban J connectivity index is 1.81.